The lowest BCUT2D eigenvalue weighted by Crippen LogP contribution is -2.22. The molecule has 0 fully saturated rings. The van der Waals surface area contributed by atoms with E-state index in [4.69, 9.17) is 12.2 Å². The summed E-state index contributed by atoms with van der Waals surface area (Å²) >= 11 is 5.25. The fourth-order valence-corrected chi connectivity index (χ4v) is 1.79. The zero-order chi connectivity index (χ0) is 12.5. The van der Waals surface area contributed by atoms with Gasteiger partial charge in [-0.05, 0) is 36.6 Å². The molecule has 1 rings (SSSR count). The quantitative estimate of drug-likeness (QED) is 0.566. The largest absolute Gasteiger partial charge is 0.380 e. The van der Waals surface area contributed by atoms with E-state index < -0.39 is 0 Å². The van der Waals surface area contributed by atoms with Gasteiger partial charge in [-0.3, -0.25) is 0 Å². The lowest BCUT2D eigenvalue weighted by Gasteiger charge is -2.06. The molecule has 1 aromatic heterocycles. The first kappa shape index (κ1) is 14.0. The van der Waals surface area contributed by atoms with E-state index in [1.165, 1.54) is 12.8 Å². The summed E-state index contributed by atoms with van der Waals surface area (Å²) in [5.41, 5.74) is 0. The molecule has 0 saturated carbocycles. The third-order valence-corrected chi connectivity index (χ3v) is 2.91. The molecule has 0 aliphatic rings. The Labute approximate surface area is 108 Å². The normalized spacial score (nSPS) is 10.5. The Kier molecular flexibility index (Phi) is 6.69. The molecular weight excluding hydrogens is 234 g/mol. The van der Waals surface area contributed by atoms with Crippen LogP contribution in [0.15, 0.2) is 0 Å². The fourth-order valence-electron chi connectivity index (χ4n) is 1.55. The molecule has 6 heteroatoms. The second-order valence-corrected chi connectivity index (χ2v) is 4.46. The fraction of sp³-hybridized carbons (Fsp3) is 0.818. The molecule has 0 radical (unpaired) electrons. The Hall–Kier alpha value is -1.04. The summed E-state index contributed by atoms with van der Waals surface area (Å²) in [6, 6.07) is 0. The Morgan fingerprint density at radius 2 is 2.18 bits per heavy atom. The van der Waals surface area contributed by atoms with Crippen molar-refractivity contribution < 1.29 is 0 Å². The minimum atomic E-state index is 0.821. The second kappa shape index (κ2) is 8.11. The van der Waals surface area contributed by atoms with Gasteiger partial charge in [-0.1, -0.05) is 25.6 Å². The molecule has 0 spiro atoms. The highest BCUT2D eigenvalue weighted by molar-refractivity contribution is 7.80. The predicted molar refractivity (Wildman–Crippen MR) is 71.9 cm³/mol. The Bertz CT molecular complexity index is 336. The Balaban J connectivity index is 2.17. The van der Waals surface area contributed by atoms with Gasteiger partial charge in [0.25, 0.3) is 0 Å². The van der Waals surface area contributed by atoms with Crippen molar-refractivity contribution in [2.45, 2.75) is 52.5 Å². The minimum Gasteiger partial charge on any atom is -0.380 e. The van der Waals surface area contributed by atoms with Crippen molar-refractivity contribution in [2.75, 3.05) is 6.54 Å². The molecule has 0 unspecified atom stereocenters. The van der Waals surface area contributed by atoms with E-state index in [9.17, 15) is 0 Å². The molecular formula is C11H21N5S. The molecule has 0 aliphatic heterocycles. The molecule has 96 valence electrons. The van der Waals surface area contributed by atoms with E-state index in [0.29, 0.717) is 0 Å². The summed E-state index contributed by atoms with van der Waals surface area (Å²) < 4.78 is 1.83. The van der Waals surface area contributed by atoms with Crippen LogP contribution in [0.2, 0.25) is 0 Å². The number of thiocarbonyl (C=S) groups is 1. The number of hydrogen-bond donors (Lipinski definition) is 1. The first-order valence-electron chi connectivity index (χ1n) is 6.29. The van der Waals surface area contributed by atoms with Crippen LogP contribution in [-0.4, -0.2) is 31.7 Å². The number of aromatic nitrogens is 4. The first-order valence-corrected chi connectivity index (χ1v) is 6.70. The van der Waals surface area contributed by atoms with Gasteiger partial charge in [-0.2, -0.15) is 0 Å². The Morgan fingerprint density at radius 3 is 2.88 bits per heavy atom. The molecule has 0 amide bonds. The lowest BCUT2D eigenvalue weighted by atomic mass is 10.2. The van der Waals surface area contributed by atoms with Gasteiger partial charge in [-0.15, -0.1) is 5.10 Å². The standard InChI is InChI=1S/C11H21N5S/c1-3-5-9-12-11(17)8-6-7-10-13-14-15-16(10)4-2/h3-9H2,1-2H3,(H,12,17). The van der Waals surface area contributed by atoms with Crippen molar-refractivity contribution in [1.82, 2.24) is 25.5 Å². The molecule has 0 aromatic carbocycles. The minimum absolute atomic E-state index is 0.821. The van der Waals surface area contributed by atoms with Gasteiger partial charge in [0.15, 0.2) is 5.82 Å². The van der Waals surface area contributed by atoms with Crippen LogP contribution < -0.4 is 5.32 Å². The van der Waals surface area contributed by atoms with E-state index in [1.807, 2.05) is 11.6 Å². The average Bonchev–Trinajstić information content (AvgIpc) is 2.77. The van der Waals surface area contributed by atoms with E-state index in [0.717, 1.165) is 43.2 Å². The van der Waals surface area contributed by atoms with Crippen molar-refractivity contribution in [3.8, 4) is 0 Å². The summed E-state index contributed by atoms with van der Waals surface area (Å²) in [7, 11) is 0. The van der Waals surface area contributed by atoms with E-state index in [2.05, 4.69) is 27.8 Å². The van der Waals surface area contributed by atoms with Crippen LogP contribution in [0.1, 0.15) is 45.4 Å². The zero-order valence-electron chi connectivity index (χ0n) is 10.6. The van der Waals surface area contributed by atoms with E-state index in [-0.39, 0.29) is 0 Å². The summed E-state index contributed by atoms with van der Waals surface area (Å²) in [5.74, 6) is 0.948. The molecule has 17 heavy (non-hydrogen) atoms. The maximum Gasteiger partial charge on any atom is 0.151 e. The number of rotatable bonds is 8. The van der Waals surface area contributed by atoms with E-state index in [1.54, 1.807) is 0 Å². The SMILES string of the molecule is CCCCNC(=S)CCCc1nnnn1CC. The molecule has 0 bridgehead atoms. The number of hydrogen-bond acceptors (Lipinski definition) is 4. The zero-order valence-corrected chi connectivity index (χ0v) is 11.5. The monoisotopic (exact) mass is 255 g/mol. The number of unbranched alkanes of at least 4 members (excludes halogenated alkanes) is 1. The van der Waals surface area contributed by atoms with Crippen LogP contribution in [0.5, 0.6) is 0 Å². The van der Waals surface area contributed by atoms with Gasteiger partial charge < -0.3 is 5.32 Å². The third kappa shape index (κ3) is 5.21. The molecule has 5 nitrogen and oxygen atoms in total. The number of nitrogens with one attached hydrogen (secondary N) is 1. The molecule has 0 saturated heterocycles. The van der Waals surface area contributed by atoms with Crippen LogP contribution in [-0.2, 0) is 13.0 Å². The van der Waals surface area contributed by atoms with Crippen LogP contribution in [0.3, 0.4) is 0 Å². The van der Waals surface area contributed by atoms with Crippen LogP contribution in [0.4, 0.5) is 0 Å². The number of tetrazole rings is 1. The summed E-state index contributed by atoms with van der Waals surface area (Å²) in [6.07, 6.45) is 5.17. The topological polar surface area (TPSA) is 55.6 Å². The van der Waals surface area contributed by atoms with Gasteiger partial charge in [0.1, 0.15) is 0 Å². The first-order chi connectivity index (χ1) is 8.27. The summed E-state index contributed by atoms with van der Waals surface area (Å²) in [5, 5.41) is 14.8. The smallest absolute Gasteiger partial charge is 0.151 e. The highest BCUT2D eigenvalue weighted by Gasteiger charge is 2.04. The maximum atomic E-state index is 5.25. The van der Waals surface area contributed by atoms with Gasteiger partial charge in [0, 0.05) is 19.5 Å². The average molecular weight is 255 g/mol. The third-order valence-electron chi connectivity index (χ3n) is 2.56. The molecule has 1 aromatic rings. The van der Waals surface area contributed by atoms with Gasteiger partial charge in [0.2, 0.25) is 0 Å². The maximum absolute atomic E-state index is 5.25. The van der Waals surface area contributed by atoms with Crippen molar-refractivity contribution >= 4 is 17.2 Å². The highest BCUT2D eigenvalue weighted by Crippen LogP contribution is 2.01. The molecule has 1 heterocycles. The molecule has 0 atom stereocenters. The summed E-state index contributed by atoms with van der Waals surface area (Å²) in [4.78, 5) is 0.953. The summed E-state index contributed by atoms with van der Waals surface area (Å²) in [6.45, 7) is 6.02. The van der Waals surface area contributed by atoms with E-state index >= 15 is 0 Å². The van der Waals surface area contributed by atoms with Gasteiger partial charge in [-0.25, -0.2) is 4.68 Å². The van der Waals surface area contributed by atoms with Crippen LogP contribution in [0.25, 0.3) is 0 Å². The van der Waals surface area contributed by atoms with Crippen LogP contribution >= 0.6 is 12.2 Å². The van der Waals surface area contributed by atoms with Gasteiger partial charge in [0.05, 0.1) is 4.99 Å². The number of nitrogens with zero attached hydrogens (tertiary/aromatic N) is 4. The molecule has 0 aliphatic carbocycles. The highest BCUT2D eigenvalue weighted by atomic mass is 32.1. The van der Waals surface area contributed by atoms with Crippen molar-refractivity contribution in [3.05, 3.63) is 5.82 Å². The van der Waals surface area contributed by atoms with Crippen molar-refractivity contribution in [2.24, 2.45) is 0 Å². The van der Waals surface area contributed by atoms with Gasteiger partial charge >= 0.3 is 0 Å². The lowest BCUT2D eigenvalue weighted by molar-refractivity contribution is 0.590. The number of aryl methyl sites for hydroxylation is 2. The second-order valence-electron chi connectivity index (χ2n) is 3.97. The molecule has 1 N–H and O–H groups in total. The van der Waals surface area contributed by atoms with Crippen molar-refractivity contribution in [1.29, 1.82) is 0 Å². The predicted octanol–water partition coefficient (Wildman–Crippen LogP) is 1.73. The van der Waals surface area contributed by atoms with Crippen molar-refractivity contribution in [3.63, 3.8) is 0 Å². The van der Waals surface area contributed by atoms with Crippen LogP contribution in [0, 0.1) is 0 Å². The Morgan fingerprint density at radius 1 is 1.35 bits per heavy atom.